The predicted molar refractivity (Wildman–Crippen MR) is 106 cm³/mol. The van der Waals surface area contributed by atoms with Gasteiger partial charge in [0.1, 0.15) is 11.5 Å². The van der Waals surface area contributed by atoms with E-state index < -0.39 is 0 Å². The molecule has 6 heteroatoms. The van der Waals surface area contributed by atoms with E-state index in [1.807, 2.05) is 55.5 Å². The molecule has 0 unspecified atom stereocenters. The molecule has 5 nitrogen and oxygen atoms in total. The van der Waals surface area contributed by atoms with Gasteiger partial charge in [0.15, 0.2) is 5.11 Å². The van der Waals surface area contributed by atoms with E-state index in [-0.39, 0.29) is 0 Å². The molecule has 0 saturated heterocycles. The van der Waals surface area contributed by atoms with E-state index in [1.165, 1.54) is 0 Å². The summed E-state index contributed by atoms with van der Waals surface area (Å²) in [4.78, 5) is 6.12. The number of rotatable bonds is 7. The Morgan fingerprint density at radius 3 is 2.54 bits per heavy atom. The van der Waals surface area contributed by atoms with Crippen LogP contribution in [0, 0.1) is 0 Å². The van der Waals surface area contributed by atoms with Gasteiger partial charge in [-0.1, -0.05) is 0 Å². The fourth-order valence-electron chi connectivity index (χ4n) is 2.50. The van der Waals surface area contributed by atoms with Gasteiger partial charge in [-0.2, -0.15) is 0 Å². The monoisotopic (exact) mass is 367 g/mol. The lowest BCUT2D eigenvalue weighted by Gasteiger charge is -2.25. The van der Waals surface area contributed by atoms with Crippen LogP contribution in [0.5, 0.6) is 5.75 Å². The molecule has 0 aliphatic carbocycles. The van der Waals surface area contributed by atoms with Gasteiger partial charge in [-0.25, -0.2) is 0 Å². The second-order valence-electron chi connectivity index (χ2n) is 5.68. The average molecular weight is 367 g/mol. The normalized spacial score (nSPS) is 10.3. The summed E-state index contributed by atoms with van der Waals surface area (Å²) in [6.07, 6.45) is 5.23. The summed E-state index contributed by atoms with van der Waals surface area (Å²) >= 11 is 5.64. The van der Waals surface area contributed by atoms with E-state index in [9.17, 15) is 0 Å². The summed E-state index contributed by atoms with van der Waals surface area (Å²) in [5.41, 5.74) is 2.04. The third-order valence-electron chi connectivity index (χ3n) is 3.75. The fourth-order valence-corrected chi connectivity index (χ4v) is 2.75. The highest BCUT2D eigenvalue weighted by Crippen LogP contribution is 2.17. The smallest absolute Gasteiger partial charge is 0.174 e. The molecule has 0 radical (unpaired) electrons. The van der Waals surface area contributed by atoms with Crippen molar-refractivity contribution in [2.24, 2.45) is 0 Å². The third-order valence-corrected chi connectivity index (χ3v) is 4.11. The minimum atomic E-state index is 0.582. The predicted octanol–water partition coefficient (Wildman–Crippen LogP) is 4.47. The van der Waals surface area contributed by atoms with Crippen LogP contribution in [0.25, 0.3) is 0 Å². The van der Waals surface area contributed by atoms with Crippen LogP contribution in [0.3, 0.4) is 0 Å². The Labute approximate surface area is 158 Å². The summed E-state index contributed by atoms with van der Waals surface area (Å²) in [6, 6.07) is 15.5. The Balaban J connectivity index is 1.71. The number of ether oxygens (including phenoxy) is 1. The summed E-state index contributed by atoms with van der Waals surface area (Å²) in [7, 11) is 0. The standard InChI is InChI=1S/C20H21N3O2S/c1-2-24-18-7-5-17(6-8-18)22-20(26)23(15-19-4-3-13-25-19)14-16-9-11-21-12-10-16/h3-13H,2,14-15H2,1H3,(H,22,26). The van der Waals surface area contributed by atoms with E-state index in [0.29, 0.717) is 24.8 Å². The van der Waals surface area contributed by atoms with Crippen molar-refractivity contribution in [2.45, 2.75) is 20.0 Å². The minimum absolute atomic E-state index is 0.582. The molecule has 0 fully saturated rings. The van der Waals surface area contributed by atoms with Crippen molar-refractivity contribution in [3.63, 3.8) is 0 Å². The van der Waals surface area contributed by atoms with Crippen LogP contribution >= 0.6 is 12.2 Å². The van der Waals surface area contributed by atoms with Gasteiger partial charge in [0.25, 0.3) is 0 Å². The molecule has 0 aliphatic rings. The number of thiocarbonyl (C=S) groups is 1. The number of aromatic nitrogens is 1. The number of nitrogens with zero attached hydrogens (tertiary/aromatic N) is 2. The zero-order chi connectivity index (χ0) is 18.2. The van der Waals surface area contributed by atoms with Crippen molar-refractivity contribution in [3.8, 4) is 5.75 Å². The third kappa shape index (κ3) is 5.07. The lowest BCUT2D eigenvalue weighted by molar-refractivity contribution is 0.340. The zero-order valence-electron chi connectivity index (χ0n) is 14.6. The largest absolute Gasteiger partial charge is 0.494 e. The summed E-state index contributed by atoms with van der Waals surface area (Å²) in [5.74, 6) is 1.70. The van der Waals surface area contributed by atoms with Crippen LogP contribution in [0.1, 0.15) is 18.2 Å². The Bertz CT molecular complexity index is 805. The van der Waals surface area contributed by atoms with Crippen LogP contribution in [0.2, 0.25) is 0 Å². The van der Waals surface area contributed by atoms with Gasteiger partial charge in [0.05, 0.1) is 19.4 Å². The van der Waals surface area contributed by atoms with E-state index in [2.05, 4.69) is 15.2 Å². The van der Waals surface area contributed by atoms with E-state index >= 15 is 0 Å². The van der Waals surface area contributed by atoms with Crippen LogP contribution in [-0.2, 0) is 13.1 Å². The second kappa shape index (κ2) is 9.01. The molecule has 0 aliphatic heterocycles. The maximum atomic E-state index is 5.64. The number of furan rings is 1. The Kier molecular flexibility index (Phi) is 6.22. The van der Waals surface area contributed by atoms with Crippen molar-refractivity contribution in [2.75, 3.05) is 11.9 Å². The molecule has 2 heterocycles. The van der Waals surface area contributed by atoms with Crippen molar-refractivity contribution in [1.29, 1.82) is 0 Å². The molecule has 1 aromatic carbocycles. The highest BCUT2D eigenvalue weighted by molar-refractivity contribution is 7.80. The van der Waals surface area contributed by atoms with Crippen molar-refractivity contribution in [1.82, 2.24) is 9.88 Å². The topological polar surface area (TPSA) is 50.5 Å². The maximum Gasteiger partial charge on any atom is 0.174 e. The Morgan fingerprint density at radius 1 is 1.12 bits per heavy atom. The Morgan fingerprint density at radius 2 is 1.88 bits per heavy atom. The average Bonchev–Trinajstić information content (AvgIpc) is 3.17. The highest BCUT2D eigenvalue weighted by atomic mass is 32.1. The van der Waals surface area contributed by atoms with Crippen LogP contribution in [0.15, 0.2) is 71.6 Å². The molecule has 2 aromatic heterocycles. The quantitative estimate of drug-likeness (QED) is 0.622. The maximum absolute atomic E-state index is 5.64. The summed E-state index contributed by atoms with van der Waals surface area (Å²) in [6.45, 7) is 3.85. The first kappa shape index (κ1) is 17.9. The van der Waals surface area contributed by atoms with Crippen molar-refractivity contribution < 1.29 is 9.15 Å². The van der Waals surface area contributed by atoms with Gasteiger partial charge in [-0.15, -0.1) is 0 Å². The fraction of sp³-hybridized carbons (Fsp3) is 0.200. The molecule has 3 rings (SSSR count). The molecule has 0 amide bonds. The molecular formula is C20H21N3O2S. The first-order chi connectivity index (χ1) is 12.7. The van der Waals surface area contributed by atoms with Gasteiger partial charge in [-0.05, 0) is 73.2 Å². The number of hydrogen-bond donors (Lipinski definition) is 1. The Hall–Kier alpha value is -2.86. The summed E-state index contributed by atoms with van der Waals surface area (Å²) in [5, 5.41) is 3.92. The molecule has 0 atom stereocenters. The number of pyridine rings is 1. The number of hydrogen-bond acceptors (Lipinski definition) is 4. The molecule has 0 spiro atoms. The lowest BCUT2D eigenvalue weighted by Crippen LogP contribution is -2.33. The van der Waals surface area contributed by atoms with E-state index in [4.69, 9.17) is 21.4 Å². The van der Waals surface area contributed by atoms with Crippen LogP contribution < -0.4 is 10.1 Å². The molecule has 134 valence electrons. The van der Waals surface area contributed by atoms with E-state index in [0.717, 1.165) is 22.8 Å². The van der Waals surface area contributed by atoms with Crippen molar-refractivity contribution in [3.05, 3.63) is 78.5 Å². The van der Waals surface area contributed by atoms with Crippen LogP contribution in [0.4, 0.5) is 5.69 Å². The SMILES string of the molecule is CCOc1ccc(NC(=S)N(Cc2ccncc2)Cc2ccco2)cc1. The van der Waals surface area contributed by atoms with E-state index in [1.54, 1.807) is 18.7 Å². The van der Waals surface area contributed by atoms with Gasteiger partial charge >= 0.3 is 0 Å². The number of nitrogens with one attached hydrogen (secondary N) is 1. The molecule has 26 heavy (non-hydrogen) atoms. The molecule has 3 aromatic rings. The number of anilines is 1. The second-order valence-corrected chi connectivity index (χ2v) is 6.07. The molecule has 0 bridgehead atoms. The first-order valence-corrected chi connectivity index (χ1v) is 8.85. The van der Waals surface area contributed by atoms with Gasteiger partial charge in [0.2, 0.25) is 0 Å². The molecular weight excluding hydrogens is 346 g/mol. The first-order valence-electron chi connectivity index (χ1n) is 8.44. The molecule has 1 N–H and O–H groups in total. The highest BCUT2D eigenvalue weighted by Gasteiger charge is 2.13. The lowest BCUT2D eigenvalue weighted by atomic mass is 10.2. The van der Waals surface area contributed by atoms with Crippen LogP contribution in [-0.4, -0.2) is 21.6 Å². The molecule has 0 saturated carbocycles. The number of benzene rings is 1. The zero-order valence-corrected chi connectivity index (χ0v) is 15.4. The summed E-state index contributed by atoms with van der Waals surface area (Å²) < 4.78 is 11.0. The minimum Gasteiger partial charge on any atom is -0.494 e. The van der Waals surface area contributed by atoms with Gasteiger partial charge < -0.3 is 19.4 Å². The van der Waals surface area contributed by atoms with Gasteiger partial charge in [0, 0.05) is 24.6 Å². The van der Waals surface area contributed by atoms with Gasteiger partial charge in [-0.3, -0.25) is 4.98 Å². The van der Waals surface area contributed by atoms with Crippen molar-refractivity contribution >= 4 is 23.0 Å².